The van der Waals surface area contributed by atoms with E-state index in [9.17, 15) is 4.79 Å². The fourth-order valence-corrected chi connectivity index (χ4v) is 10.7. The minimum atomic E-state index is -0.427. The Bertz CT molecular complexity index is 1980. The maximum atomic E-state index is 13.4. The van der Waals surface area contributed by atoms with Crippen molar-refractivity contribution in [2.24, 2.45) is 23.2 Å². The number of imidazole rings is 1. The van der Waals surface area contributed by atoms with E-state index >= 15 is 0 Å². The van der Waals surface area contributed by atoms with Crippen molar-refractivity contribution >= 4 is 33.9 Å². The molecular weight excluding hydrogens is 609 g/mol. The number of aromatic nitrogens is 7. The first-order chi connectivity index (χ1) is 22.9. The van der Waals surface area contributed by atoms with Gasteiger partial charge in [0.2, 0.25) is 0 Å². The number of thiazole rings is 1. The van der Waals surface area contributed by atoms with Crippen LogP contribution in [-0.4, -0.2) is 47.4 Å². The van der Waals surface area contributed by atoms with E-state index in [4.69, 9.17) is 19.8 Å². The van der Waals surface area contributed by atoms with E-state index in [0.29, 0.717) is 28.1 Å². The first-order valence-corrected chi connectivity index (χ1v) is 17.9. The van der Waals surface area contributed by atoms with Crippen molar-refractivity contribution < 1.29 is 9.53 Å². The number of hydrogen-bond acceptors (Lipinski definition) is 9. The Labute approximate surface area is 278 Å². The second-order valence-corrected chi connectivity index (χ2v) is 15.7. The fourth-order valence-electron chi connectivity index (χ4n) is 9.68. The van der Waals surface area contributed by atoms with Gasteiger partial charge >= 0.3 is 5.97 Å². The highest BCUT2D eigenvalue weighted by Crippen LogP contribution is 2.60. The van der Waals surface area contributed by atoms with Gasteiger partial charge in [0.15, 0.2) is 16.6 Å². The van der Waals surface area contributed by atoms with Crippen molar-refractivity contribution in [1.82, 2.24) is 34.3 Å². The van der Waals surface area contributed by atoms with E-state index in [2.05, 4.69) is 27.1 Å². The number of carbonyl (C=O) groups is 1. The quantitative estimate of drug-likeness (QED) is 0.182. The highest BCUT2D eigenvalue weighted by atomic mass is 32.1. The number of anilines is 2. The van der Waals surface area contributed by atoms with Crippen LogP contribution in [0.2, 0.25) is 0 Å². The molecule has 0 aliphatic heterocycles. The molecule has 10 rings (SSSR count). The molecule has 4 saturated carbocycles. The molecule has 5 heterocycles. The third-order valence-corrected chi connectivity index (χ3v) is 12.5. The van der Waals surface area contributed by atoms with Crippen LogP contribution >= 0.6 is 11.3 Å². The normalized spacial score (nSPS) is 24.5. The van der Waals surface area contributed by atoms with Crippen LogP contribution in [0.4, 0.5) is 10.9 Å². The average Bonchev–Trinajstić information content (AvgIpc) is 3.77. The highest BCUT2D eigenvalue weighted by molar-refractivity contribution is 7.15. The predicted octanol–water partition coefficient (Wildman–Crippen LogP) is 7.35. The zero-order chi connectivity index (χ0) is 31.9. The Morgan fingerprint density at radius 2 is 1.81 bits per heavy atom. The summed E-state index contributed by atoms with van der Waals surface area (Å²) in [4.78, 5) is 24.3. The van der Waals surface area contributed by atoms with E-state index in [1.165, 1.54) is 69.0 Å². The van der Waals surface area contributed by atoms with Gasteiger partial charge in [-0.1, -0.05) is 0 Å². The van der Waals surface area contributed by atoms with Crippen molar-refractivity contribution in [2.75, 3.05) is 12.4 Å². The fraction of sp³-hybridized carbons (Fsp3) is 0.500. The van der Waals surface area contributed by atoms with Gasteiger partial charge in [-0.3, -0.25) is 9.08 Å². The molecule has 0 atom stereocenters. The number of methoxy groups -OCH3 is 1. The zero-order valence-electron chi connectivity index (χ0n) is 27.3. The van der Waals surface area contributed by atoms with Gasteiger partial charge in [-0.25, -0.2) is 14.8 Å². The summed E-state index contributed by atoms with van der Waals surface area (Å²) in [7, 11) is 1.42. The lowest BCUT2D eigenvalue weighted by Crippen LogP contribution is -2.48. The first kappa shape index (κ1) is 29.1. The minimum absolute atomic E-state index is 0.361. The minimum Gasteiger partial charge on any atom is -0.465 e. The van der Waals surface area contributed by atoms with Crippen LogP contribution in [0, 0.1) is 37.0 Å². The predicted molar refractivity (Wildman–Crippen MR) is 181 cm³/mol. The summed E-state index contributed by atoms with van der Waals surface area (Å²) in [6, 6.07) is 3.97. The number of pyridine rings is 1. The number of esters is 1. The van der Waals surface area contributed by atoms with Crippen molar-refractivity contribution in [1.29, 1.82) is 0 Å². The molecule has 0 spiro atoms. The summed E-state index contributed by atoms with van der Waals surface area (Å²) in [6.45, 7) is 5.10. The largest absolute Gasteiger partial charge is 0.465 e. The summed E-state index contributed by atoms with van der Waals surface area (Å²) in [5.74, 6) is 2.94. The summed E-state index contributed by atoms with van der Waals surface area (Å²) in [5, 5.41) is 18.3. The molecule has 5 aliphatic rings. The van der Waals surface area contributed by atoms with Gasteiger partial charge in [0, 0.05) is 34.4 Å². The Hall–Kier alpha value is -4.12. The molecule has 5 aromatic rings. The molecule has 0 radical (unpaired) electrons. The lowest BCUT2D eigenvalue weighted by molar-refractivity contribution is -0.0638. The molecule has 242 valence electrons. The number of nitrogens with one attached hydrogen (secondary N) is 1. The third kappa shape index (κ3) is 4.88. The second-order valence-electron chi connectivity index (χ2n) is 14.6. The number of rotatable bonds is 7. The van der Waals surface area contributed by atoms with Crippen LogP contribution in [0.15, 0.2) is 30.7 Å². The molecule has 4 bridgehead atoms. The SMILES string of the molecule is COC(=O)c1c(-c2cnn(CC34CC5CC(CC(C5)C3)C4)c2C)ccn2c(-c3cc(C)c(Nc4nc5c(s4)CCCC5)nn3)cnc12. The summed E-state index contributed by atoms with van der Waals surface area (Å²) >= 11 is 1.71. The molecule has 4 fully saturated rings. The standard InChI is InChI=1S/C36H40N8O2S/c1-20-10-28(41-42-32(20)40-35-39-27-6-4-5-7-30(27)47-35)29-18-37-33-31(34(45)46-3)25(8-9-43(29)33)26-17-38-44(21(26)2)19-36-14-22-11-23(15-36)13-24(12-22)16-36/h8-10,17-18,22-24H,4-7,11-16,19H2,1-3H3,(H,39,40,42). The third-order valence-electron chi connectivity index (χ3n) is 11.4. The van der Waals surface area contributed by atoms with Crippen LogP contribution in [0.5, 0.6) is 0 Å². The monoisotopic (exact) mass is 648 g/mol. The Morgan fingerprint density at radius 3 is 2.53 bits per heavy atom. The number of ether oxygens (including phenoxy) is 1. The molecule has 0 aromatic carbocycles. The van der Waals surface area contributed by atoms with E-state index < -0.39 is 5.97 Å². The van der Waals surface area contributed by atoms with Crippen LogP contribution < -0.4 is 5.32 Å². The highest BCUT2D eigenvalue weighted by Gasteiger charge is 2.51. The lowest BCUT2D eigenvalue weighted by Gasteiger charge is -2.56. The van der Waals surface area contributed by atoms with E-state index in [-0.39, 0.29) is 0 Å². The summed E-state index contributed by atoms with van der Waals surface area (Å²) in [6.07, 6.45) is 18.5. The van der Waals surface area contributed by atoms with Crippen molar-refractivity contribution in [3.05, 3.63) is 58.1 Å². The van der Waals surface area contributed by atoms with Gasteiger partial charge in [-0.15, -0.1) is 21.5 Å². The topological polar surface area (TPSA) is 112 Å². The van der Waals surface area contributed by atoms with Crippen LogP contribution in [-0.2, 0) is 24.1 Å². The molecule has 5 aromatic heterocycles. The maximum Gasteiger partial charge on any atom is 0.342 e. The van der Waals surface area contributed by atoms with Crippen molar-refractivity contribution in [2.45, 2.75) is 84.6 Å². The molecule has 0 saturated heterocycles. The molecule has 0 unspecified atom stereocenters. The smallest absolute Gasteiger partial charge is 0.342 e. The van der Waals surface area contributed by atoms with Crippen LogP contribution in [0.3, 0.4) is 0 Å². The summed E-state index contributed by atoms with van der Waals surface area (Å²) < 4.78 is 9.41. The Kier molecular flexibility index (Phi) is 6.78. The molecule has 11 heteroatoms. The number of carbonyl (C=O) groups excluding carboxylic acids is 1. The molecule has 5 aliphatic carbocycles. The number of fused-ring (bicyclic) bond motifs is 2. The van der Waals surface area contributed by atoms with Crippen molar-refractivity contribution in [3.8, 4) is 22.5 Å². The van der Waals surface area contributed by atoms with Crippen LogP contribution in [0.25, 0.3) is 28.2 Å². The van der Waals surface area contributed by atoms with E-state index in [1.54, 1.807) is 17.5 Å². The lowest BCUT2D eigenvalue weighted by atomic mass is 9.49. The van der Waals surface area contributed by atoms with Gasteiger partial charge in [0.1, 0.15) is 11.3 Å². The first-order valence-electron chi connectivity index (χ1n) is 17.1. The molecular formula is C36H40N8O2S. The second kappa shape index (κ2) is 11.0. The average molecular weight is 649 g/mol. The van der Waals surface area contributed by atoms with Gasteiger partial charge in [0.05, 0.1) is 30.9 Å². The number of hydrogen-bond donors (Lipinski definition) is 1. The van der Waals surface area contributed by atoms with Gasteiger partial charge in [-0.05, 0) is 119 Å². The van der Waals surface area contributed by atoms with Gasteiger partial charge in [0.25, 0.3) is 0 Å². The number of nitrogens with zero attached hydrogens (tertiary/aromatic N) is 7. The van der Waals surface area contributed by atoms with E-state index in [1.807, 2.05) is 35.9 Å². The van der Waals surface area contributed by atoms with Gasteiger partial charge in [-0.2, -0.15) is 5.10 Å². The van der Waals surface area contributed by atoms with Crippen molar-refractivity contribution in [3.63, 3.8) is 0 Å². The number of aryl methyl sites for hydroxylation is 3. The maximum absolute atomic E-state index is 13.4. The van der Waals surface area contributed by atoms with E-state index in [0.717, 1.165) is 70.3 Å². The van der Waals surface area contributed by atoms with Gasteiger partial charge < -0.3 is 10.1 Å². The molecule has 10 nitrogen and oxygen atoms in total. The molecule has 47 heavy (non-hydrogen) atoms. The Morgan fingerprint density at radius 1 is 1.04 bits per heavy atom. The molecule has 1 N–H and O–H groups in total. The zero-order valence-corrected chi connectivity index (χ0v) is 28.1. The van der Waals surface area contributed by atoms with Crippen LogP contribution in [0.1, 0.15) is 83.6 Å². The summed E-state index contributed by atoms with van der Waals surface area (Å²) in [5.41, 5.74) is 7.68. The molecule has 0 amide bonds. The Balaban J connectivity index is 1.03.